The summed E-state index contributed by atoms with van der Waals surface area (Å²) in [6.07, 6.45) is -5.33. The second kappa shape index (κ2) is 3.81. The molecule has 4 nitrogen and oxygen atoms in total. The molecule has 15 heavy (non-hydrogen) atoms. The molecule has 0 unspecified atom stereocenters. The molecule has 0 aliphatic heterocycles. The van der Waals surface area contributed by atoms with Gasteiger partial charge in [-0.05, 0) is 11.4 Å². The molecule has 0 aliphatic rings. The minimum absolute atomic E-state index is 0.458. The Bertz CT molecular complexity index is 445. The highest BCUT2D eigenvalue weighted by atomic mass is 32.3. The van der Waals surface area contributed by atoms with Crippen LogP contribution in [0, 0.1) is 0 Å². The molecule has 0 spiro atoms. The van der Waals surface area contributed by atoms with Crippen LogP contribution in [0.25, 0.3) is 0 Å². The van der Waals surface area contributed by atoms with E-state index in [4.69, 9.17) is 0 Å². The number of rotatable bonds is 2. The fourth-order valence-electron chi connectivity index (χ4n) is 0.594. The Morgan fingerprint density at radius 3 is 2.40 bits per heavy atom. The first-order chi connectivity index (χ1) is 6.73. The minimum Gasteiger partial charge on any atom is -0.334 e. The van der Waals surface area contributed by atoms with E-state index in [-0.39, 0.29) is 0 Å². The average Bonchev–Trinajstić information content (AvgIpc) is 2.52. The van der Waals surface area contributed by atoms with Crippen molar-refractivity contribution in [3.8, 4) is 0 Å². The Balaban J connectivity index is 2.89. The quantitative estimate of drug-likeness (QED) is 0.757. The zero-order valence-electron chi connectivity index (χ0n) is 6.82. The first kappa shape index (κ1) is 12.0. The molecule has 0 saturated heterocycles. The van der Waals surface area contributed by atoms with Crippen molar-refractivity contribution in [1.82, 2.24) is 0 Å². The second-order valence-electron chi connectivity index (χ2n) is 2.25. The van der Waals surface area contributed by atoms with Gasteiger partial charge < -0.3 is 4.18 Å². The molecule has 0 amide bonds. The van der Waals surface area contributed by atoms with Gasteiger partial charge in [0.05, 0.1) is 0 Å². The number of thiophene rings is 1. The van der Waals surface area contributed by atoms with E-state index in [0.717, 1.165) is 6.07 Å². The van der Waals surface area contributed by atoms with Gasteiger partial charge in [0.25, 0.3) is 0 Å². The van der Waals surface area contributed by atoms with Gasteiger partial charge in [0, 0.05) is 0 Å². The Morgan fingerprint density at radius 2 is 2.00 bits per heavy atom. The molecule has 0 aromatic carbocycles. The van der Waals surface area contributed by atoms with Gasteiger partial charge in [0.2, 0.25) is 0 Å². The summed E-state index contributed by atoms with van der Waals surface area (Å²) >= 11 is 0.650. The molecule has 0 atom stereocenters. The lowest BCUT2D eigenvalue weighted by molar-refractivity contribution is -0.189. The Labute approximate surface area is 86.4 Å². The van der Waals surface area contributed by atoms with Crippen molar-refractivity contribution in [3.63, 3.8) is 0 Å². The van der Waals surface area contributed by atoms with Crippen LogP contribution in [-0.2, 0) is 19.1 Å². The van der Waals surface area contributed by atoms with Crippen LogP contribution in [0.3, 0.4) is 0 Å². The molecular formula is C6H3F3O4S2. The van der Waals surface area contributed by atoms with Crippen LogP contribution in [0.2, 0.25) is 0 Å². The van der Waals surface area contributed by atoms with Crippen molar-refractivity contribution in [2.24, 2.45) is 0 Å². The van der Waals surface area contributed by atoms with Crippen molar-refractivity contribution in [3.05, 3.63) is 17.5 Å². The standard InChI is InChI=1S/C6H3F3O4S2/c7-6(8,9)5(10)13-15(11,12)4-2-1-3-14-4/h1-3H. The maximum atomic E-state index is 11.7. The third-order valence-electron chi connectivity index (χ3n) is 1.16. The fourth-order valence-corrected chi connectivity index (χ4v) is 2.40. The predicted molar refractivity (Wildman–Crippen MR) is 43.7 cm³/mol. The van der Waals surface area contributed by atoms with Gasteiger partial charge in [-0.2, -0.15) is 21.6 Å². The molecule has 0 fully saturated rings. The van der Waals surface area contributed by atoms with Crippen LogP contribution < -0.4 is 0 Å². The molecule has 1 rings (SSSR count). The lowest BCUT2D eigenvalue weighted by Crippen LogP contribution is -2.27. The summed E-state index contributed by atoms with van der Waals surface area (Å²) in [6.45, 7) is 0. The van der Waals surface area contributed by atoms with Gasteiger partial charge in [0.15, 0.2) is 4.21 Å². The molecule has 1 aromatic heterocycles. The third-order valence-corrected chi connectivity index (χ3v) is 3.72. The number of alkyl halides is 3. The molecule has 9 heteroatoms. The topological polar surface area (TPSA) is 60.4 Å². The zero-order valence-corrected chi connectivity index (χ0v) is 8.45. The number of carbonyl (C=O) groups is 1. The van der Waals surface area contributed by atoms with E-state index in [1.165, 1.54) is 11.4 Å². The van der Waals surface area contributed by atoms with E-state index in [9.17, 15) is 26.4 Å². The van der Waals surface area contributed by atoms with Gasteiger partial charge in [-0.15, -0.1) is 11.3 Å². The smallest absolute Gasteiger partial charge is 0.334 e. The van der Waals surface area contributed by atoms with Crippen LogP contribution in [0.4, 0.5) is 13.2 Å². The summed E-state index contributed by atoms with van der Waals surface area (Å²) < 4.78 is 60.0. The molecule has 0 bridgehead atoms. The SMILES string of the molecule is O=C(OS(=O)(=O)c1cccs1)C(F)(F)F. The number of carbonyl (C=O) groups excluding carboxylic acids is 1. The van der Waals surface area contributed by atoms with Crippen LogP contribution in [0.1, 0.15) is 0 Å². The van der Waals surface area contributed by atoms with Crippen molar-refractivity contribution in [1.29, 1.82) is 0 Å². The lowest BCUT2D eigenvalue weighted by atomic mass is 10.7. The van der Waals surface area contributed by atoms with Crippen molar-refractivity contribution in [2.75, 3.05) is 0 Å². The second-order valence-corrected chi connectivity index (χ2v) is 4.98. The highest BCUT2D eigenvalue weighted by Gasteiger charge is 2.44. The largest absolute Gasteiger partial charge is 0.492 e. The molecule has 0 aliphatic carbocycles. The molecule has 1 aromatic rings. The summed E-state index contributed by atoms with van der Waals surface area (Å²) in [7, 11) is -4.65. The summed E-state index contributed by atoms with van der Waals surface area (Å²) in [6, 6.07) is 2.34. The number of halogens is 3. The van der Waals surface area contributed by atoms with Crippen LogP contribution in [0.5, 0.6) is 0 Å². The van der Waals surface area contributed by atoms with E-state index in [0.29, 0.717) is 11.3 Å². The van der Waals surface area contributed by atoms with E-state index in [1.807, 2.05) is 0 Å². The average molecular weight is 260 g/mol. The Kier molecular flexibility index (Phi) is 3.05. The monoisotopic (exact) mass is 260 g/mol. The summed E-state index contributed by atoms with van der Waals surface area (Å²) in [5.41, 5.74) is 0. The normalized spacial score (nSPS) is 12.5. The van der Waals surface area contributed by atoms with Gasteiger partial charge in [-0.25, -0.2) is 4.79 Å². The van der Waals surface area contributed by atoms with Gasteiger partial charge in [-0.3, -0.25) is 0 Å². The van der Waals surface area contributed by atoms with E-state index in [2.05, 4.69) is 4.18 Å². The van der Waals surface area contributed by atoms with Crippen molar-refractivity contribution < 1.29 is 30.6 Å². The van der Waals surface area contributed by atoms with E-state index in [1.54, 1.807) is 0 Å². The summed E-state index contributed by atoms with van der Waals surface area (Å²) in [5, 5.41) is 1.33. The first-order valence-electron chi connectivity index (χ1n) is 3.32. The first-order valence-corrected chi connectivity index (χ1v) is 5.61. The Morgan fingerprint density at radius 1 is 1.40 bits per heavy atom. The minimum atomic E-state index is -5.33. The van der Waals surface area contributed by atoms with Gasteiger partial charge in [0.1, 0.15) is 0 Å². The fraction of sp³-hybridized carbons (Fsp3) is 0.167. The van der Waals surface area contributed by atoms with Crippen molar-refractivity contribution >= 4 is 27.4 Å². The lowest BCUT2D eigenvalue weighted by Gasteiger charge is -2.05. The Hall–Kier alpha value is -1.09. The highest BCUT2D eigenvalue weighted by Crippen LogP contribution is 2.23. The van der Waals surface area contributed by atoms with Gasteiger partial charge >= 0.3 is 22.3 Å². The number of hydrogen-bond donors (Lipinski definition) is 0. The maximum absolute atomic E-state index is 11.7. The van der Waals surface area contributed by atoms with E-state index < -0.39 is 26.5 Å². The molecule has 1 heterocycles. The molecule has 0 radical (unpaired) electrons. The summed E-state index contributed by atoms with van der Waals surface area (Å²) in [5.74, 6) is -2.75. The third kappa shape index (κ3) is 2.93. The maximum Gasteiger partial charge on any atom is 0.492 e. The van der Waals surface area contributed by atoms with Crippen LogP contribution >= 0.6 is 11.3 Å². The zero-order chi connectivity index (χ0) is 11.7. The predicted octanol–water partition coefficient (Wildman–Crippen LogP) is 1.54. The van der Waals surface area contributed by atoms with Gasteiger partial charge in [-0.1, -0.05) is 6.07 Å². The summed E-state index contributed by atoms with van der Waals surface area (Å²) in [4.78, 5) is 10.3. The molecule has 0 saturated carbocycles. The van der Waals surface area contributed by atoms with Crippen LogP contribution in [-0.4, -0.2) is 20.6 Å². The van der Waals surface area contributed by atoms with Crippen LogP contribution in [0.15, 0.2) is 21.7 Å². The number of hydrogen-bond acceptors (Lipinski definition) is 5. The van der Waals surface area contributed by atoms with E-state index >= 15 is 0 Å². The molecule has 84 valence electrons. The molecular weight excluding hydrogens is 257 g/mol. The van der Waals surface area contributed by atoms with Crippen molar-refractivity contribution in [2.45, 2.75) is 10.4 Å². The molecule has 0 N–H and O–H groups in total. The highest BCUT2D eigenvalue weighted by molar-refractivity contribution is 7.89.